The zero-order valence-corrected chi connectivity index (χ0v) is 17.5. The zero-order valence-electron chi connectivity index (χ0n) is 17.5. The molecule has 0 aliphatic carbocycles. The standard InChI is InChI=1S/C25H25FN2O3/c1-30-23-7-2-3-8-24(23)31-22-6-4-5-19(17-22)18-27-13-15-28(16-14-27)25(29)20-9-11-21(26)12-10-20/h2-12,17H,13-16,18H2,1H3. The predicted octanol–water partition coefficient (Wildman–Crippen LogP) is 4.58. The number of hydrogen-bond donors (Lipinski definition) is 0. The summed E-state index contributed by atoms with van der Waals surface area (Å²) in [4.78, 5) is 16.7. The minimum Gasteiger partial charge on any atom is -0.493 e. The summed E-state index contributed by atoms with van der Waals surface area (Å²) in [6.07, 6.45) is 0. The van der Waals surface area contributed by atoms with E-state index in [1.165, 1.54) is 24.3 Å². The van der Waals surface area contributed by atoms with E-state index < -0.39 is 0 Å². The minimum atomic E-state index is -0.335. The monoisotopic (exact) mass is 420 g/mol. The molecule has 1 amide bonds. The van der Waals surface area contributed by atoms with E-state index in [1.54, 1.807) is 7.11 Å². The molecule has 0 saturated carbocycles. The molecule has 0 radical (unpaired) electrons. The Kier molecular flexibility index (Phi) is 6.48. The third kappa shape index (κ3) is 5.22. The Morgan fingerprint density at radius 2 is 1.61 bits per heavy atom. The van der Waals surface area contributed by atoms with Crippen LogP contribution in [0.15, 0.2) is 72.8 Å². The van der Waals surface area contributed by atoms with Crippen molar-refractivity contribution < 1.29 is 18.7 Å². The van der Waals surface area contributed by atoms with E-state index in [9.17, 15) is 9.18 Å². The van der Waals surface area contributed by atoms with E-state index in [1.807, 2.05) is 47.4 Å². The van der Waals surface area contributed by atoms with Gasteiger partial charge in [-0.15, -0.1) is 0 Å². The largest absolute Gasteiger partial charge is 0.493 e. The molecule has 0 bridgehead atoms. The van der Waals surface area contributed by atoms with Crippen molar-refractivity contribution in [2.75, 3.05) is 33.3 Å². The minimum absolute atomic E-state index is 0.0492. The summed E-state index contributed by atoms with van der Waals surface area (Å²) < 4.78 is 24.5. The van der Waals surface area contributed by atoms with E-state index in [-0.39, 0.29) is 11.7 Å². The number of para-hydroxylation sites is 2. The summed E-state index contributed by atoms with van der Waals surface area (Å²) in [6, 6.07) is 21.3. The van der Waals surface area contributed by atoms with E-state index in [4.69, 9.17) is 9.47 Å². The molecule has 6 heteroatoms. The number of nitrogens with zero attached hydrogens (tertiary/aromatic N) is 2. The molecule has 5 nitrogen and oxygen atoms in total. The second-order valence-electron chi connectivity index (χ2n) is 7.48. The molecular weight excluding hydrogens is 395 g/mol. The number of methoxy groups -OCH3 is 1. The van der Waals surface area contributed by atoms with E-state index in [0.717, 1.165) is 30.9 Å². The molecule has 1 fully saturated rings. The molecule has 31 heavy (non-hydrogen) atoms. The number of amides is 1. The molecule has 1 aliphatic rings. The van der Waals surface area contributed by atoms with Crippen LogP contribution in [0.1, 0.15) is 15.9 Å². The Hall–Kier alpha value is -3.38. The molecule has 0 aromatic heterocycles. The van der Waals surface area contributed by atoms with E-state index in [2.05, 4.69) is 11.0 Å². The predicted molar refractivity (Wildman–Crippen MR) is 117 cm³/mol. The van der Waals surface area contributed by atoms with E-state index in [0.29, 0.717) is 30.2 Å². The second kappa shape index (κ2) is 9.62. The summed E-state index contributed by atoms with van der Waals surface area (Å²) in [7, 11) is 1.62. The molecule has 1 aliphatic heterocycles. The average molecular weight is 420 g/mol. The normalized spacial score (nSPS) is 14.3. The lowest BCUT2D eigenvalue weighted by atomic mass is 10.1. The molecule has 0 N–H and O–H groups in total. The maximum Gasteiger partial charge on any atom is 0.253 e. The zero-order chi connectivity index (χ0) is 21.6. The van der Waals surface area contributed by atoms with Gasteiger partial charge in [-0.3, -0.25) is 9.69 Å². The Bertz CT molecular complexity index is 1030. The quantitative estimate of drug-likeness (QED) is 0.585. The lowest BCUT2D eigenvalue weighted by molar-refractivity contribution is 0.0628. The SMILES string of the molecule is COc1ccccc1Oc1cccc(CN2CCN(C(=O)c3ccc(F)cc3)CC2)c1. The highest BCUT2D eigenvalue weighted by Crippen LogP contribution is 2.31. The van der Waals surface area contributed by atoms with Gasteiger partial charge in [-0.05, 0) is 54.1 Å². The topological polar surface area (TPSA) is 42.0 Å². The van der Waals surface area contributed by atoms with Crippen LogP contribution in [-0.2, 0) is 6.54 Å². The highest BCUT2D eigenvalue weighted by atomic mass is 19.1. The van der Waals surface area contributed by atoms with Crippen molar-refractivity contribution in [3.8, 4) is 17.2 Å². The number of carbonyl (C=O) groups excluding carboxylic acids is 1. The summed E-state index contributed by atoms with van der Waals surface area (Å²) in [5.41, 5.74) is 1.67. The molecule has 160 valence electrons. The maximum atomic E-state index is 13.1. The van der Waals surface area contributed by atoms with Crippen molar-refractivity contribution in [1.82, 2.24) is 9.80 Å². The molecule has 1 saturated heterocycles. The van der Waals surface area contributed by atoms with Gasteiger partial charge < -0.3 is 14.4 Å². The molecule has 3 aromatic rings. The Balaban J connectivity index is 1.34. The number of piperazine rings is 1. The van der Waals surface area contributed by atoms with Crippen molar-refractivity contribution in [3.05, 3.63) is 89.7 Å². The van der Waals surface area contributed by atoms with Crippen LogP contribution in [0.3, 0.4) is 0 Å². The Morgan fingerprint density at radius 1 is 0.903 bits per heavy atom. The number of rotatable bonds is 6. The first-order valence-corrected chi connectivity index (χ1v) is 10.3. The van der Waals surface area contributed by atoms with Crippen LogP contribution in [0, 0.1) is 5.82 Å². The van der Waals surface area contributed by atoms with Crippen molar-refractivity contribution in [2.45, 2.75) is 6.54 Å². The fourth-order valence-corrected chi connectivity index (χ4v) is 3.68. The smallest absolute Gasteiger partial charge is 0.253 e. The molecule has 0 unspecified atom stereocenters. The molecular formula is C25H25FN2O3. The fraction of sp³-hybridized carbons (Fsp3) is 0.240. The van der Waals surface area contributed by atoms with Crippen LogP contribution < -0.4 is 9.47 Å². The lowest BCUT2D eigenvalue weighted by Crippen LogP contribution is -2.48. The summed E-state index contributed by atoms with van der Waals surface area (Å²) in [5, 5.41) is 0. The molecule has 1 heterocycles. The van der Waals surface area contributed by atoms with Crippen LogP contribution in [0.25, 0.3) is 0 Å². The first-order valence-electron chi connectivity index (χ1n) is 10.3. The Labute approximate surface area is 181 Å². The number of benzene rings is 3. The molecule has 3 aromatic carbocycles. The van der Waals surface area contributed by atoms with E-state index >= 15 is 0 Å². The third-order valence-corrected chi connectivity index (χ3v) is 5.35. The van der Waals surface area contributed by atoms with Gasteiger partial charge in [0.2, 0.25) is 0 Å². The van der Waals surface area contributed by atoms with Crippen molar-refractivity contribution in [2.24, 2.45) is 0 Å². The first-order chi connectivity index (χ1) is 15.1. The second-order valence-corrected chi connectivity index (χ2v) is 7.48. The van der Waals surface area contributed by atoms with Gasteiger partial charge in [0.25, 0.3) is 5.91 Å². The van der Waals surface area contributed by atoms with Gasteiger partial charge in [0.1, 0.15) is 11.6 Å². The van der Waals surface area contributed by atoms with Crippen LogP contribution in [0.4, 0.5) is 4.39 Å². The van der Waals surface area contributed by atoms with Crippen LogP contribution >= 0.6 is 0 Å². The van der Waals surface area contributed by atoms with Gasteiger partial charge in [0, 0.05) is 38.3 Å². The Morgan fingerprint density at radius 3 is 2.32 bits per heavy atom. The van der Waals surface area contributed by atoms with Crippen LogP contribution in [0.5, 0.6) is 17.2 Å². The average Bonchev–Trinajstić information content (AvgIpc) is 2.80. The van der Waals surface area contributed by atoms with Gasteiger partial charge >= 0.3 is 0 Å². The van der Waals surface area contributed by atoms with Crippen LogP contribution in [0.2, 0.25) is 0 Å². The van der Waals surface area contributed by atoms with Gasteiger partial charge in [0.05, 0.1) is 7.11 Å². The van der Waals surface area contributed by atoms with Crippen LogP contribution in [-0.4, -0.2) is 49.0 Å². The third-order valence-electron chi connectivity index (χ3n) is 5.35. The summed E-state index contributed by atoms with van der Waals surface area (Å²) in [5.74, 6) is 1.74. The number of ether oxygens (including phenoxy) is 2. The van der Waals surface area contributed by atoms with Crippen molar-refractivity contribution >= 4 is 5.91 Å². The number of carbonyl (C=O) groups is 1. The maximum absolute atomic E-state index is 13.1. The summed E-state index contributed by atoms with van der Waals surface area (Å²) in [6.45, 7) is 3.64. The van der Waals surface area contributed by atoms with Gasteiger partial charge in [-0.2, -0.15) is 0 Å². The molecule has 4 rings (SSSR count). The fourth-order valence-electron chi connectivity index (χ4n) is 3.68. The first kappa shape index (κ1) is 20.9. The van der Waals surface area contributed by atoms with Gasteiger partial charge in [-0.1, -0.05) is 24.3 Å². The van der Waals surface area contributed by atoms with Crippen molar-refractivity contribution in [1.29, 1.82) is 0 Å². The summed E-state index contributed by atoms with van der Waals surface area (Å²) >= 11 is 0. The number of hydrogen-bond acceptors (Lipinski definition) is 4. The molecule has 0 atom stereocenters. The highest BCUT2D eigenvalue weighted by molar-refractivity contribution is 5.94. The van der Waals surface area contributed by atoms with Gasteiger partial charge in [-0.25, -0.2) is 4.39 Å². The number of halogens is 1. The van der Waals surface area contributed by atoms with Gasteiger partial charge in [0.15, 0.2) is 11.5 Å². The highest BCUT2D eigenvalue weighted by Gasteiger charge is 2.22. The lowest BCUT2D eigenvalue weighted by Gasteiger charge is -2.34. The molecule has 0 spiro atoms. The van der Waals surface area contributed by atoms with Crippen molar-refractivity contribution in [3.63, 3.8) is 0 Å².